The van der Waals surface area contributed by atoms with Gasteiger partial charge in [0.05, 0.1) is 32.5 Å². The molecule has 2 atom stereocenters. The highest BCUT2D eigenvalue weighted by Gasteiger charge is 2.32. The van der Waals surface area contributed by atoms with Crippen molar-refractivity contribution < 1.29 is 23.0 Å². The van der Waals surface area contributed by atoms with Gasteiger partial charge >= 0.3 is 0 Å². The Balaban J connectivity index is 1.76. The van der Waals surface area contributed by atoms with Crippen LogP contribution < -0.4 is 0 Å². The van der Waals surface area contributed by atoms with Crippen LogP contribution in [0.25, 0.3) is 0 Å². The summed E-state index contributed by atoms with van der Waals surface area (Å²) >= 11 is 0. The number of ether oxygens (including phenoxy) is 3. The van der Waals surface area contributed by atoms with Gasteiger partial charge in [0.2, 0.25) is 0 Å². The Hall–Kier alpha value is -0.940. The van der Waals surface area contributed by atoms with Crippen molar-refractivity contribution in [2.45, 2.75) is 97.2 Å². The van der Waals surface area contributed by atoms with Gasteiger partial charge in [-0.3, -0.25) is 0 Å². The van der Waals surface area contributed by atoms with Crippen molar-refractivity contribution >= 4 is 0 Å². The van der Waals surface area contributed by atoms with E-state index in [9.17, 15) is 8.78 Å². The average molecular weight is 415 g/mol. The third-order valence-corrected chi connectivity index (χ3v) is 6.69. The molecule has 1 heterocycles. The summed E-state index contributed by atoms with van der Waals surface area (Å²) in [5, 5.41) is 0. The lowest BCUT2D eigenvalue weighted by Crippen LogP contribution is -2.37. The van der Waals surface area contributed by atoms with Crippen molar-refractivity contribution in [1.29, 1.82) is 0 Å². The second kappa shape index (κ2) is 12.7. The summed E-state index contributed by atoms with van der Waals surface area (Å²) in [4.78, 5) is 0. The van der Waals surface area contributed by atoms with Crippen LogP contribution in [0.5, 0.6) is 0 Å². The van der Waals surface area contributed by atoms with Crippen LogP contribution in [0.4, 0.5) is 8.78 Å². The van der Waals surface area contributed by atoms with E-state index >= 15 is 0 Å². The molecule has 0 radical (unpaired) electrons. The summed E-state index contributed by atoms with van der Waals surface area (Å²) in [6.07, 6.45) is 11.9. The zero-order chi connectivity index (χ0) is 21.2. The van der Waals surface area contributed by atoms with E-state index in [0.29, 0.717) is 30.6 Å². The summed E-state index contributed by atoms with van der Waals surface area (Å²) in [6.45, 7) is 6.12. The van der Waals surface area contributed by atoms with Gasteiger partial charge in [-0.15, -0.1) is 0 Å². The maximum atomic E-state index is 14.3. The summed E-state index contributed by atoms with van der Waals surface area (Å²) in [7, 11) is 1.33. The highest BCUT2D eigenvalue weighted by molar-refractivity contribution is 5.27. The number of methoxy groups -OCH3 is 1. The Kier molecular flexibility index (Phi) is 10.6. The van der Waals surface area contributed by atoms with E-state index in [2.05, 4.69) is 6.92 Å². The maximum absolute atomic E-state index is 14.3. The lowest BCUT2D eigenvalue weighted by Gasteiger charge is -2.37. The number of hydrogen-bond donors (Lipinski definition) is 0. The minimum atomic E-state index is -0.942. The third kappa shape index (κ3) is 7.36. The molecule has 0 bridgehead atoms. The Labute approximate surface area is 175 Å². The molecule has 0 aromatic rings. The van der Waals surface area contributed by atoms with Gasteiger partial charge in [-0.1, -0.05) is 46.0 Å². The van der Waals surface area contributed by atoms with E-state index in [0.717, 1.165) is 18.8 Å². The molecule has 0 aromatic carbocycles. The molecule has 2 aliphatic rings. The first-order valence-corrected chi connectivity index (χ1v) is 11.5. The van der Waals surface area contributed by atoms with Gasteiger partial charge in [0, 0.05) is 0 Å². The van der Waals surface area contributed by atoms with Crippen LogP contribution in [0.2, 0.25) is 0 Å². The smallest absolute Gasteiger partial charge is 0.196 e. The molecule has 1 aliphatic carbocycles. The Morgan fingerprint density at radius 2 is 1.72 bits per heavy atom. The van der Waals surface area contributed by atoms with Crippen molar-refractivity contribution in [1.82, 2.24) is 0 Å². The second-order valence-corrected chi connectivity index (χ2v) is 8.65. The van der Waals surface area contributed by atoms with Crippen molar-refractivity contribution in [2.24, 2.45) is 11.8 Å². The number of halogens is 2. The topological polar surface area (TPSA) is 27.7 Å². The lowest BCUT2D eigenvalue weighted by molar-refractivity contribution is -0.105. The molecule has 2 unspecified atom stereocenters. The van der Waals surface area contributed by atoms with Gasteiger partial charge < -0.3 is 14.2 Å². The largest absolute Gasteiger partial charge is 0.498 e. The van der Waals surface area contributed by atoms with E-state index in [-0.39, 0.29) is 18.5 Å². The van der Waals surface area contributed by atoms with E-state index in [1.165, 1.54) is 59.0 Å². The van der Waals surface area contributed by atoms with Crippen LogP contribution >= 0.6 is 0 Å². The summed E-state index contributed by atoms with van der Waals surface area (Å²) in [5.41, 5.74) is 0.325. The molecule has 5 heteroatoms. The zero-order valence-electron chi connectivity index (χ0n) is 18.8. The number of unbranched alkanes of at least 4 members (excludes halogenated alkanes) is 1. The predicted octanol–water partition coefficient (Wildman–Crippen LogP) is 7.03. The van der Waals surface area contributed by atoms with Gasteiger partial charge in [0.1, 0.15) is 5.76 Å². The fourth-order valence-corrected chi connectivity index (χ4v) is 4.53. The van der Waals surface area contributed by atoms with Gasteiger partial charge in [0.25, 0.3) is 0 Å². The van der Waals surface area contributed by atoms with E-state index in [1.807, 2.05) is 0 Å². The molecule has 2 fully saturated rings. The molecule has 3 nitrogen and oxygen atoms in total. The van der Waals surface area contributed by atoms with Crippen LogP contribution in [-0.2, 0) is 14.2 Å². The summed E-state index contributed by atoms with van der Waals surface area (Å²) in [6, 6.07) is 0. The molecule has 0 N–H and O–H groups in total. The number of allylic oxidation sites excluding steroid dienone is 3. The molecule has 29 heavy (non-hydrogen) atoms. The first-order valence-electron chi connectivity index (χ1n) is 11.5. The van der Waals surface area contributed by atoms with Gasteiger partial charge in [-0.2, -0.15) is 0 Å². The molecule has 1 saturated heterocycles. The van der Waals surface area contributed by atoms with Crippen LogP contribution in [0.1, 0.15) is 85.0 Å². The van der Waals surface area contributed by atoms with E-state index in [1.54, 1.807) is 6.92 Å². The zero-order valence-corrected chi connectivity index (χ0v) is 18.8. The Morgan fingerprint density at radius 1 is 1.00 bits per heavy atom. The van der Waals surface area contributed by atoms with Crippen molar-refractivity contribution in [2.75, 3.05) is 20.3 Å². The van der Waals surface area contributed by atoms with Crippen molar-refractivity contribution in [3.8, 4) is 0 Å². The fourth-order valence-electron chi connectivity index (χ4n) is 4.53. The molecular formula is C24H40F2O3. The van der Waals surface area contributed by atoms with E-state index in [4.69, 9.17) is 14.2 Å². The molecule has 168 valence electrons. The van der Waals surface area contributed by atoms with Crippen LogP contribution in [0.3, 0.4) is 0 Å². The van der Waals surface area contributed by atoms with Gasteiger partial charge in [-0.25, -0.2) is 8.78 Å². The monoisotopic (exact) mass is 414 g/mol. The maximum Gasteiger partial charge on any atom is 0.196 e. The molecule has 1 saturated carbocycles. The van der Waals surface area contributed by atoms with Crippen molar-refractivity contribution in [3.05, 3.63) is 23.0 Å². The molecule has 1 aliphatic heterocycles. The first kappa shape index (κ1) is 24.3. The van der Waals surface area contributed by atoms with Gasteiger partial charge in [-0.05, 0) is 56.4 Å². The second-order valence-electron chi connectivity index (χ2n) is 8.65. The minimum Gasteiger partial charge on any atom is -0.498 e. The quantitative estimate of drug-likeness (QED) is 0.284. The first-order chi connectivity index (χ1) is 14.0. The number of rotatable bonds is 10. The SMILES string of the molecule is CCCCC1CCC(C2CCC(OC/C(CC)=C(F)/C(F)=C(\C)OC)CO2)CC1. The Morgan fingerprint density at radius 3 is 2.28 bits per heavy atom. The number of hydrogen-bond acceptors (Lipinski definition) is 3. The minimum absolute atomic E-state index is 0.0444. The fraction of sp³-hybridized carbons (Fsp3) is 0.833. The molecule has 0 aromatic heterocycles. The van der Waals surface area contributed by atoms with Crippen molar-refractivity contribution in [3.63, 3.8) is 0 Å². The van der Waals surface area contributed by atoms with Crippen LogP contribution in [0.15, 0.2) is 23.0 Å². The average Bonchev–Trinajstić information content (AvgIpc) is 2.77. The van der Waals surface area contributed by atoms with Crippen LogP contribution in [-0.4, -0.2) is 32.5 Å². The highest BCUT2D eigenvalue weighted by Crippen LogP contribution is 2.37. The normalized spacial score (nSPS) is 29.9. The standard InChI is InChI=1S/C24H40F2O3/c1-5-7-8-18-9-11-20(12-10-18)22-14-13-21(16-29-22)28-15-19(6-2)24(26)23(25)17(3)27-4/h18,20-22H,5-16H2,1-4H3/b23-17-,24-19-. The Bertz CT molecular complexity index is 542. The summed E-state index contributed by atoms with van der Waals surface area (Å²) in [5.74, 6) is -0.268. The summed E-state index contributed by atoms with van der Waals surface area (Å²) < 4.78 is 45.1. The lowest BCUT2D eigenvalue weighted by atomic mass is 9.76. The molecule has 0 amide bonds. The molecule has 2 rings (SSSR count). The van der Waals surface area contributed by atoms with Crippen LogP contribution in [0, 0.1) is 11.8 Å². The third-order valence-electron chi connectivity index (χ3n) is 6.69. The highest BCUT2D eigenvalue weighted by atomic mass is 19.2. The molecular weight excluding hydrogens is 374 g/mol. The predicted molar refractivity (Wildman–Crippen MR) is 113 cm³/mol. The van der Waals surface area contributed by atoms with Gasteiger partial charge in [0.15, 0.2) is 11.7 Å². The van der Waals surface area contributed by atoms with E-state index < -0.39 is 11.7 Å². The molecule has 0 spiro atoms.